The minimum absolute atomic E-state index is 0.966. The van der Waals surface area contributed by atoms with Crippen LogP contribution < -0.4 is 0 Å². The van der Waals surface area contributed by atoms with Gasteiger partial charge in [0, 0.05) is 0 Å². The van der Waals surface area contributed by atoms with E-state index in [1.807, 2.05) is 12.1 Å². The van der Waals surface area contributed by atoms with Crippen molar-refractivity contribution in [1.29, 1.82) is 0 Å². The standard InChI is InChI=1S/C25H42O/c1-2-3-4-5-6-7-8-9-10-11-12-13-14-15-16-17-18-19-20-22-25-23-21-24-26-25/h5-6,20-24H,2-4,7-19H2,1H3. The summed E-state index contributed by atoms with van der Waals surface area (Å²) in [4.78, 5) is 0. The summed E-state index contributed by atoms with van der Waals surface area (Å²) in [7, 11) is 0. The van der Waals surface area contributed by atoms with Gasteiger partial charge in [0.2, 0.25) is 0 Å². The van der Waals surface area contributed by atoms with Gasteiger partial charge < -0.3 is 4.42 Å². The van der Waals surface area contributed by atoms with Crippen molar-refractivity contribution in [3.8, 4) is 0 Å². The molecule has 0 bridgehead atoms. The topological polar surface area (TPSA) is 13.1 Å². The normalized spacial score (nSPS) is 11.9. The molecule has 1 aromatic rings. The number of hydrogen-bond acceptors (Lipinski definition) is 1. The molecule has 0 saturated heterocycles. The molecule has 26 heavy (non-hydrogen) atoms. The molecule has 0 aliphatic heterocycles. The van der Waals surface area contributed by atoms with Gasteiger partial charge >= 0.3 is 0 Å². The van der Waals surface area contributed by atoms with Gasteiger partial charge in [-0.25, -0.2) is 0 Å². The molecule has 0 saturated carbocycles. The van der Waals surface area contributed by atoms with Crippen LogP contribution in [0, 0.1) is 0 Å². The molecular weight excluding hydrogens is 316 g/mol. The Kier molecular flexibility index (Phi) is 16.3. The van der Waals surface area contributed by atoms with Crippen LogP contribution in [0.25, 0.3) is 6.08 Å². The van der Waals surface area contributed by atoms with Crippen LogP contribution in [0.15, 0.2) is 41.0 Å². The lowest BCUT2D eigenvalue weighted by molar-refractivity contribution is 0.547. The molecule has 1 rings (SSSR count). The maximum Gasteiger partial charge on any atom is 0.126 e. The van der Waals surface area contributed by atoms with Crippen LogP contribution in [0.2, 0.25) is 0 Å². The number of rotatable bonds is 18. The number of allylic oxidation sites excluding steroid dienone is 3. The smallest absolute Gasteiger partial charge is 0.126 e. The summed E-state index contributed by atoms with van der Waals surface area (Å²) in [6.07, 6.45) is 32.7. The molecular formula is C25H42O. The molecule has 1 heteroatoms. The first-order valence-corrected chi connectivity index (χ1v) is 11.3. The van der Waals surface area contributed by atoms with Crippen molar-refractivity contribution >= 4 is 6.08 Å². The van der Waals surface area contributed by atoms with Crippen LogP contribution in [0.5, 0.6) is 0 Å². The number of hydrogen-bond donors (Lipinski definition) is 0. The van der Waals surface area contributed by atoms with E-state index < -0.39 is 0 Å². The predicted molar refractivity (Wildman–Crippen MR) is 116 cm³/mol. The quantitative estimate of drug-likeness (QED) is 0.188. The predicted octanol–water partition coefficient (Wildman–Crippen LogP) is 9.11. The van der Waals surface area contributed by atoms with E-state index in [9.17, 15) is 0 Å². The summed E-state index contributed by atoms with van der Waals surface area (Å²) in [6.45, 7) is 2.26. The summed E-state index contributed by atoms with van der Waals surface area (Å²) >= 11 is 0. The Labute approximate surface area is 163 Å². The van der Waals surface area contributed by atoms with Crippen molar-refractivity contribution < 1.29 is 4.42 Å². The van der Waals surface area contributed by atoms with Crippen LogP contribution in [0.4, 0.5) is 0 Å². The average molecular weight is 359 g/mol. The fourth-order valence-corrected chi connectivity index (χ4v) is 3.26. The Balaban J connectivity index is 1.71. The summed E-state index contributed by atoms with van der Waals surface area (Å²) in [5.74, 6) is 0.966. The minimum atomic E-state index is 0.966. The molecule has 1 aromatic heterocycles. The lowest BCUT2D eigenvalue weighted by atomic mass is 10.0. The van der Waals surface area contributed by atoms with E-state index >= 15 is 0 Å². The van der Waals surface area contributed by atoms with Crippen LogP contribution in [-0.2, 0) is 0 Å². The van der Waals surface area contributed by atoms with Gasteiger partial charge in [-0.1, -0.05) is 95.8 Å². The molecule has 0 aliphatic carbocycles. The lowest BCUT2D eigenvalue weighted by Gasteiger charge is -2.02. The zero-order valence-electron chi connectivity index (χ0n) is 17.3. The van der Waals surface area contributed by atoms with Gasteiger partial charge in [0.1, 0.15) is 5.76 Å². The second kappa shape index (κ2) is 18.5. The largest absolute Gasteiger partial charge is 0.465 e. The van der Waals surface area contributed by atoms with Gasteiger partial charge in [-0.3, -0.25) is 0 Å². The van der Waals surface area contributed by atoms with Crippen LogP contribution in [0.1, 0.15) is 115 Å². The van der Waals surface area contributed by atoms with E-state index in [1.165, 1.54) is 103 Å². The first-order chi connectivity index (χ1) is 12.9. The average Bonchev–Trinajstić information content (AvgIpc) is 3.17. The van der Waals surface area contributed by atoms with Crippen molar-refractivity contribution in [2.75, 3.05) is 0 Å². The molecule has 0 spiro atoms. The van der Waals surface area contributed by atoms with Gasteiger partial charge in [-0.05, 0) is 50.3 Å². The zero-order valence-corrected chi connectivity index (χ0v) is 17.3. The highest BCUT2D eigenvalue weighted by Gasteiger charge is 1.93. The van der Waals surface area contributed by atoms with Gasteiger partial charge in [-0.15, -0.1) is 0 Å². The van der Waals surface area contributed by atoms with Gasteiger partial charge in [0.05, 0.1) is 6.26 Å². The summed E-state index contributed by atoms with van der Waals surface area (Å²) in [5, 5.41) is 0. The maximum absolute atomic E-state index is 5.28. The molecule has 1 nitrogen and oxygen atoms in total. The van der Waals surface area contributed by atoms with Crippen molar-refractivity contribution in [3.63, 3.8) is 0 Å². The Morgan fingerprint density at radius 2 is 1.15 bits per heavy atom. The first kappa shape index (κ1) is 22.8. The Morgan fingerprint density at radius 3 is 1.65 bits per heavy atom. The fraction of sp³-hybridized carbons (Fsp3) is 0.680. The third-order valence-corrected chi connectivity index (χ3v) is 4.96. The van der Waals surface area contributed by atoms with E-state index in [0.717, 1.165) is 5.76 Å². The van der Waals surface area contributed by atoms with Crippen LogP contribution >= 0.6 is 0 Å². The van der Waals surface area contributed by atoms with E-state index in [2.05, 4.69) is 31.2 Å². The van der Waals surface area contributed by atoms with E-state index in [4.69, 9.17) is 4.42 Å². The zero-order chi connectivity index (χ0) is 18.5. The monoisotopic (exact) mass is 358 g/mol. The molecule has 0 atom stereocenters. The summed E-state index contributed by atoms with van der Waals surface area (Å²) in [5.41, 5.74) is 0. The first-order valence-electron chi connectivity index (χ1n) is 11.3. The second-order valence-corrected chi connectivity index (χ2v) is 7.50. The highest BCUT2D eigenvalue weighted by atomic mass is 16.3. The third kappa shape index (κ3) is 15.0. The summed E-state index contributed by atoms with van der Waals surface area (Å²) < 4.78 is 5.28. The second-order valence-electron chi connectivity index (χ2n) is 7.50. The van der Waals surface area contributed by atoms with Crippen LogP contribution in [-0.4, -0.2) is 0 Å². The van der Waals surface area contributed by atoms with Crippen LogP contribution in [0.3, 0.4) is 0 Å². The highest BCUT2D eigenvalue weighted by Crippen LogP contribution is 2.13. The molecule has 0 N–H and O–H groups in total. The van der Waals surface area contributed by atoms with Gasteiger partial charge in [-0.2, -0.15) is 0 Å². The molecule has 1 heterocycles. The maximum atomic E-state index is 5.28. The van der Waals surface area contributed by atoms with Gasteiger partial charge in [0.25, 0.3) is 0 Å². The molecule has 148 valence electrons. The van der Waals surface area contributed by atoms with E-state index in [1.54, 1.807) is 6.26 Å². The van der Waals surface area contributed by atoms with Gasteiger partial charge in [0.15, 0.2) is 0 Å². The Morgan fingerprint density at radius 1 is 0.654 bits per heavy atom. The lowest BCUT2D eigenvalue weighted by Crippen LogP contribution is -1.82. The SMILES string of the molecule is CCCCC=CCCCCCCCCCCCCCC=Cc1ccco1. The number of furan rings is 1. The van der Waals surface area contributed by atoms with Crippen molar-refractivity contribution in [2.24, 2.45) is 0 Å². The van der Waals surface area contributed by atoms with Crippen molar-refractivity contribution in [1.82, 2.24) is 0 Å². The minimum Gasteiger partial charge on any atom is -0.465 e. The van der Waals surface area contributed by atoms with E-state index in [0.29, 0.717) is 0 Å². The Bertz CT molecular complexity index is 427. The molecule has 0 unspecified atom stereocenters. The highest BCUT2D eigenvalue weighted by molar-refractivity contribution is 5.41. The number of unbranched alkanes of at least 4 members (excludes halogenated alkanes) is 14. The molecule has 0 radical (unpaired) electrons. The van der Waals surface area contributed by atoms with E-state index in [-0.39, 0.29) is 0 Å². The third-order valence-electron chi connectivity index (χ3n) is 4.96. The van der Waals surface area contributed by atoms with Crippen molar-refractivity contribution in [2.45, 2.75) is 110 Å². The Hall–Kier alpha value is -1.24. The molecule has 0 fully saturated rings. The summed E-state index contributed by atoms with van der Waals surface area (Å²) in [6, 6.07) is 3.94. The molecule has 0 amide bonds. The van der Waals surface area contributed by atoms with Crippen molar-refractivity contribution in [3.05, 3.63) is 42.4 Å². The molecule has 0 aromatic carbocycles. The molecule has 0 aliphatic rings. The fourth-order valence-electron chi connectivity index (χ4n) is 3.26.